The molecule has 0 aromatic carbocycles. The van der Waals surface area contributed by atoms with E-state index in [1.165, 1.54) is 0 Å². The Morgan fingerprint density at radius 1 is 1.06 bits per heavy atom. The number of isocyanates is 1. The van der Waals surface area contributed by atoms with Crippen LogP contribution in [0.3, 0.4) is 0 Å². The van der Waals surface area contributed by atoms with Crippen LogP contribution in [0.1, 0.15) is 46.5 Å². The molecule has 0 atom stereocenters. The summed E-state index contributed by atoms with van der Waals surface area (Å²) in [7, 11) is -2.15. The molecular weight excluding hydrogens is 246 g/mol. The van der Waals surface area contributed by atoms with E-state index in [2.05, 4.69) is 25.8 Å². The van der Waals surface area contributed by atoms with Gasteiger partial charge in [-0.05, 0) is 18.9 Å². The molecule has 0 radical (unpaired) electrons. The van der Waals surface area contributed by atoms with Crippen LogP contribution in [0, 0.1) is 0 Å². The first kappa shape index (κ1) is 17.5. The Morgan fingerprint density at radius 3 is 2.00 bits per heavy atom. The second kappa shape index (κ2) is 11.6. The third kappa shape index (κ3) is 7.77. The van der Waals surface area contributed by atoms with Crippen LogP contribution in [-0.4, -0.2) is 34.4 Å². The van der Waals surface area contributed by atoms with Crippen LogP contribution in [0.25, 0.3) is 0 Å². The fraction of sp³-hybridized carbons (Fsp3) is 0.923. The van der Waals surface area contributed by atoms with Gasteiger partial charge in [0, 0.05) is 19.3 Å². The Kier molecular flexibility index (Phi) is 11.3. The number of aliphatic imine (C=N–C) groups is 1. The summed E-state index contributed by atoms with van der Waals surface area (Å²) in [6.07, 6.45) is 5.94. The number of hydrogen-bond acceptors (Lipinski definition) is 4. The SMILES string of the molecule is CCCCO[Si](CC)(CCN=C=O)OCCCC. The molecule has 4 nitrogen and oxygen atoms in total. The lowest BCUT2D eigenvalue weighted by atomic mass is 10.4. The van der Waals surface area contributed by atoms with Gasteiger partial charge in [0.1, 0.15) is 0 Å². The predicted molar refractivity (Wildman–Crippen MR) is 75.8 cm³/mol. The average molecular weight is 273 g/mol. The minimum atomic E-state index is -2.15. The van der Waals surface area contributed by atoms with E-state index in [0.717, 1.165) is 51.0 Å². The summed E-state index contributed by atoms with van der Waals surface area (Å²) in [5.74, 6) is 0. The summed E-state index contributed by atoms with van der Waals surface area (Å²) in [6, 6.07) is 1.67. The van der Waals surface area contributed by atoms with Gasteiger partial charge in [0.2, 0.25) is 6.08 Å². The zero-order valence-electron chi connectivity index (χ0n) is 12.0. The molecule has 5 heteroatoms. The number of nitrogens with zero attached hydrogens (tertiary/aromatic N) is 1. The average Bonchev–Trinajstić information content (AvgIpc) is 2.39. The summed E-state index contributed by atoms with van der Waals surface area (Å²) < 4.78 is 12.1. The van der Waals surface area contributed by atoms with Gasteiger partial charge in [-0.1, -0.05) is 33.6 Å². The van der Waals surface area contributed by atoms with Gasteiger partial charge in [-0.2, -0.15) is 0 Å². The van der Waals surface area contributed by atoms with Crippen molar-refractivity contribution in [3.63, 3.8) is 0 Å². The molecule has 0 N–H and O–H groups in total. The van der Waals surface area contributed by atoms with Gasteiger partial charge >= 0.3 is 8.56 Å². The number of unbranched alkanes of at least 4 members (excludes halogenated alkanes) is 2. The third-order valence-electron chi connectivity index (χ3n) is 2.93. The van der Waals surface area contributed by atoms with Crippen molar-refractivity contribution >= 4 is 14.6 Å². The first-order chi connectivity index (χ1) is 8.74. The molecular formula is C13H27NO3Si. The molecule has 0 aromatic heterocycles. The van der Waals surface area contributed by atoms with Gasteiger partial charge in [-0.3, -0.25) is 0 Å². The molecule has 0 saturated heterocycles. The van der Waals surface area contributed by atoms with E-state index in [1.54, 1.807) is 6.08 Å². The molecule has 0 saturated carbocycles. The van der Waals surface area contributed by atoms with Gasteiger partial charge in [-0.15, -0.1) is 0 Å². The molecule has 0 aliphatic heterocycles. The maximum atomic E-state index is 10.1. The Bertz CT molecular complexity index is 232. The normalized spacial score (nSPS) is 11.3. The van der Waals surface area contributed by atoms with Crippen LogP contribution in [0.5, 0.6) is 0 Å². The maximum absolute atomic E-state index is 10.1. The highest BCUT2D eigenvalue weighted by Gasteiger charge is 2.35. The number of carbonyl (C=O) groups excluding carboxylic acids is 1. The zero-order valence-corrected chi connectivity index (χ0v) is 13.0. The number of hydrogen-bond donors (Lipinski definition) is 0. The number of rotatable bonds is 12. The lowest BCUT2D eigenvalue weighted by molar-refractivity contribution is 0.164. The summed E-state index contributed by atoms with van der Waals surface area (Å²) in [6.45, 7) is 8.39. The lowest BCUT2D eigenvalue weighted by Crippen LogP contribution is -2.42. The van der Waals surface area contributed by atoms with E-state index in [4.69, 9.17) is 8.85 Å². The second-order valence-electron chi connectivity index (χ2n) is 4.39. The molecule has 18 heavy (non-hydrogen) atoms. The first-order valence-corrected chi connectivity index (χ1v) is 9.29. The van der Waals surface area contributed by atoms with E-state index in [9.17, 15) is 4.79 Å². The van der Waals surface area contributed by atoms with Crippen molar-refractivity contribution in [1.29, 1.82) is 0 Å². The highest BCUT2D eigenvalue weighted by atomic mass is 28.4. The van der Waals surface area contributed by atoms with Crippen LogP contribution < -0.4 is 0 Å². The van der Waals surface area contributed by atoms with E-state index < -0.39 is 8.56 Å². The maximum Gasteiger partial charge on any atom is 0.339 e. The standard InChI is InChI=1S/C13H27NO3Si/c1-4-7-10-16-18(6-3,12-9-14-13-15)17-11-8-5-2/h4-12H2,1-3H3. The summed E-state index contributed by atoms with van der Waals surface area (Å²) >= 11 is 0. The smallest absolute Gasteiger partial charge is 0.339 e. The van der Waals surface area contributed by atoms with Crippen molar-refractivity contribution in [2.24, 2.45) is 4.99 Å². The van der Waals surface area contributed by atoms with Crippen LogP contribution in [0.2, 0.25) is 12.1 Å². The van der Waals surface area contributed by atoms with Gasteiger partial charge in [0.05, 0.1) is 6.54 Å². The minimum absolute atomic E-state index is 0.474. The van der Waals surface area contributed by atoms with E-state index in [-0.39, 0.29) is 0 Å². The Labute approximate surface area is 112 Å². The third-order valence-corrected chi connectivity index (χ3v) is 6.46. The lowest BCUT2D eigenvalue weighted by Gasteiger charge is -2.29. The van der Waals surface area contributed by atoms with Crippen LogP contribution >= 0.6 is 0 Å². The van der Waals surface area contributed by atoms with Crippen molar-refractivity contribution < 1.29 is 13.6 Å². The molecule has 0 aliphatic rings. The van der Waals surface area contributed by atoms with Gasteiger partial charge < -0.3 is 8.85 Å². The van der Waals surface area contributed by atoms with Crippen molar-refractivity contribution in [1.82, 2.24) is 0 Å². The summed E-state index contributed by atoms with van der Waals surface area (Å²) in [4.78, 5) is 13.8. The molecule has 0 aliphatic carbocycles. The topological polar surface area (TPSA) is 47.9 Å². The van der Waals surface area contributed by atoms with E-state index >= 15 is 0 Å². The highest BCUT2D eigenvalue weighted by molar-refractivity contribution is 6.67. The second-order valence-corrected chi connectivity index (χ2v) is 8.00. The van der Waals surface area contributed by atoms with Crippen LogP contribution in [0.4, 0.5) is 0 Å². The molecule has 0 amide bonds. The van der Waals surface area contributed by atoms with Gasteiger partial charge in [0.25, 0.3) is 0 Å². The van der Waals surface area contributed by atoms with Crippen LogP contribution in [0.15, 0.2) is 4.99 Å². The summed E-state index contributed by atoms with van der Waals surface area (Å²) in [5, 5.41) is 0. The summed E-state index contributed by atoms with van der Waals surface area (Å²) in [5.41, 5.74) is 0. The molecule has 0 bridgehead atoms. The molecule has 0 heterocycles. The first-order valence-electron chi connectivity index (χ1n) is 7.06. The van der Waals surface area contributed by atoms with Gasteiger partial charge in [-0.25, -0.2) is 9.79 Å². The van der Waals surface area contributed by atoms with Crippen molar-refractivity contribution in [3.8, 4) is 0 Å². The Morgan fingerprint density at radius 2 is 1.61 bits per heavy atom. The molecule has 0 fully saturated rings. The Balaban J connectivity index is 4.33. The molecule has 0 aromatic rings. The van der Waals surface area contributed by atoms with Crippen LogP contribution in [-0.2, 0) is 13.6 Å². The molecule has 106 valence electrons. The van der Waals surface area contributed by atoms with Crippen molar-refractivity contribution in [3.05, 3.63) is 0 Å². The fourth-order valence-corrected chi connectivity index (χ4v) is 4.26. The molecule has 0 unspecified atom stereocenters. The quantitative estimate of drug-likeness (QED) is 0.237. The molecule has 0 spiro atoms. The van der Waals surface area contributed by atoms with E-state index in [1.807, 2.05) is 0 Å². The monoisotopic (exact) mass is 273 g/mol. The van der Waals surface area contributed by atoms with Crippen molar-refractivity contribution in [2.45, 2.75) is 58.5 Å². The van der Waals surface area contributed by atoms with Gasteiger partial charge in [0.15, 0.2) is 0 Å². The largest absolute Gasteiger partial charge is 0.394 e. The Hall–Kier alpha value is -0.483. The minimum Gasteiger partial charge on any atom is -0.394 e. The fourth-order valence-electron chi connectivity index (χ4n) is 1.64. The zero-order chi connectivity index (χ0) is 13.7. The highest BCUT2D eigenvalue weighted by Crippen LogP contribution is 2.20. The predicted octanol–water partition coefficient (Wildman–Crippen LogP) is 3.42. The van der Waals surface area contributed by atoms with E-state index in [0.29, 0.717) is 6.54 Å². The molecule has 0 rings (SSSR count). The van der Waals surface area contributed by atoms with Crippen molar-refractivity contribution in [2.75, 3.05) is 19.8 Å².